The van der Waals surface area contributed by atoms with E-state index in [2.05, 4.69) is 17.1 Å². The zero-order valence-corrected chi connectivity index (χ0v) is 9.46. The van der Waals surface area contributed by atoms with Crippen molar-refractivity contribution in [2.24, 2.45) is 17.3 Å². The molecule has 1 saturated carbocycles. The minimum atomic E-state index is 0.00602. The second-order valence-corrected chi connectivity index (χ2v) is 5.80. The molecule has 15 heavy (non-hydrogen) atoms. The van der Waals surface area contributed by atoms with Gasteiger partial charge >= 0.3 is 0 Å². The van der Waals surface area contributed by atoms with Crippen LogP contribution in [-0.2, 0) is 4.79 Å². The summed E-state index contributed by atoms with van der Waals surface area (Å²) in [5.74, 6) is 1.90. The van der Waals surface area contributed by atoms with Crippen LogP contribution in [0.1, 0.15) is 26.2 Å². The molecule has 2 saturated heterocycles. The van der Waals surface area contributed by atoms with Gasteiger partial charge in [-0.3, -0.25) is 4.79 Å². The Hall–Kier alpha value is -0.570. The number of hydrogen-bond acceptors (Lipinski definition) is 2. The molecule has 2 heterocycles. The number of carbonyl (C=O) groups excluding carboxylic acids is 1. The normalized spacial score (nSPS) is 37.5. The molecule has 0 aromatic rings. The SMILES string of the molecule is CC1(C(=O)N2C[C@H]3CNC[C@H]3C2)CCC1. The second-order valence-electron chi connectivity index (χ2n) is 5.80. The molecule has 0 bridgehead atoms. The van der Waals surface area contributed by atoms with E-state index in [1.54, 1.807) is 0 Å². The van der Waals surface area contributed by atoms with Gasteiger partial charge in [0.25, 0.3) is 0 Å². The zero-order valence-electron chi connectivity index (χ0n) is 9.46. The van der Waals surface area contributed by atoms with Crippen LogP contribution in [0.15, 0.2) is 0 Å². The third kappa shape index (κ3) is 1.40. The van der Waals surface area contributed by atoms with E-state index < -0.39 is 0 Å². The predicted octanol–water partition coefficient (Wildman–Crippen LogP) is 0.854. The lowest BCUT2D eigenvalue weighted by Gasteiger charge is -2.39. The monoisotopic (exact) mass is 208 g/mol. The van der Waals surface area contributed by atoms with Crippen molar-refractivity contribution < 1.29 is 4.79 Å². The minimum Gasteiger partial charge on any atom is -0.342 e. The van der Waals surface area contributed by atoms with Crippen molar-refractivity contribution in [2.75, 3.05) is 26.2 Å². The van der Waals surface area contributed by atoms with Crippen molar-refractivity contribution in [2.45, 2.75) is 26.2 Å². The first-order valence-electron chi connectivity index (χ1n) is 6.19. The number of likely N-dealkylation sites (tertiary alicyclic amines) is 1. The van der Waals surface area contributed by atoms with Gasteiger partial charge in [-0.05, 0) is 24.7 Å². The van der Waals surface area contributed by atoms with Crippen molar-refractivity contribution in [1.82, 2.24) is 10.2 Å². The summed E-state index contributed by atoms with van der Waals surface area (Å²) in [6, 6.07) is 0. The van der Waals surface area contributed by atoms with Crippen LogP contribution < -0.4 is 5.32 Å². The van der Waals surface area contributed by atoms with Crippen LogP contribution in [0.3, 0.4) is 0 Å². The molecule has 2 atom stereocenters. The van der Waals surface area contributed by atoms with E-state index in [-0.39, 0.29) is 5.41 Å². The number of carbonyl (C=O) groups is 1. The Balaban J connectivity index is 1.67. The quantitative estimate of drug-likeness (QED) is 0.693. The van der Waals surface area contributed by atoms with Gasteiger partial charge in [0.2, 0.25) is 5.91 Å². The van der Waals surface area contributed by atoms with Gasteiger partial charge in [-0.2, -0.15) is 0 Å². The van der Waals surface area contributed by atoms with Crippen molar-refractivity contribution in [3.63, 3.8) is 0 Å². The van der Waals surface area contributed by atoms with Crippen LogP contribution in [0, 0.1) is 17.3 Å². The second kappa shape index (κ2) is 3.21. The average Bonchev–Trinajstić information content (AvgIpc) is 2.71. The molecular weight excluding hydrogens is 188 g/mol. The van der Waals surface area contributed by atoms with E-state index in [4.69, 9.17) is 0 Å². The molecule has 0 aromatic heterocycles. The first-order chi connectivity index (χ1) is 7.19. The lowest BCUT2D eigenvalue weighted by Crippen LogP contribution is -2.45. The van der Waals surface area contributed by atoms with E-state index in [9.17, 15) is 4.79 Å². The van der Waals surface area contributed by atoms with Gasteiger partial charge in [0.15, 0.2) is 0 Å². The molecule has 1 amide bonds. The molecule has 3 heteroatoms. The van der Waals surface area contributed by atoms with Crippen LogP contribution in [0.4, 0.5) is 0 Å². The summed E-state index contributed by atoms with van der Waals surface area (Å²) in [5.41, 5.74) is 0.00602. The van der Waals surface area contributed by atoms with Gasteiger partial charge in [-0.1, -0.05) is 13.3 Å². The molecule has 1 aliphatic carbocycles. The van der Waals surface area contributed by atoms with Gasteiger partial charge < -0.3 is 10.2 Å². The van der Waals surface area contributed by atoms with E-state index in [0.717, 1.165) is 50.9 Å². The Morgan fingerprint density at radius 1 is 1.27 bits per heavy atom. The number of rotatable bonds is 1. The molecule has 1 N–H and O–H groups in total. The largest absolute Gasteiger partial charge is 0.342 e. The number of nitrogens with one attached hydrogen (secondary N) is 1. The summed E-state index contributed by atoms with van der Waals surface area (Å²) in [4.78, 5) is 14.4. The molecule has 0 aromatic carbocycles. The van der Waals surface area contributed by atoms with E-state index in [0.29, 0.717) is 5.91 Å². The van der Waals surface area contributed by atoms with Crippen LogP contribution in [0.5, 0.6) is 0 Å². The Labute approximate surface area is 91.2 Å². The summed E-state index contributed by atoms with van der Waals surface area (Å²) >= 11 is 0. The Bertz CT molecular complexity index is 273. The summed E-state index contributed by atoms with van der Waals surface area (Å²) in [7, 11) is 0. The third-order valence-corrected chi connectivity index (χ3v) is 4.65. The maximum Gasteiger partial charge on any atom is 0.228 e. The molecule has 3 rings (SSSR count). The standard InChI is InChI=1S/C12H20N2O/c1-12(3-2-4-12)11(15)14-7-9-5-13-6-10(9)8-14/h9-10,13H,2-8H2,1H3/t9-,10+. The number of amides is 1. The fraction of sp³-hybridized carbons (Fsp3) is 0.917. The summed E-state index contributed by atoms with van der Waals surface area (Å²) in [6.45, 7) is 6.39. The van der Waals surface area contributed by atoms with Gasteiger partial charge in [-0.25, -0.2) is 0 Å². The Kier molecular flexibility index (Phi) is 2.06. The van der Waals surface area contributed by atoms with Gasteiger partial charge in [0.1, 0.15) is 0 Å². The third-order valence-electron chi connectivity index (χ3n) is 4.65. The van der Waals surface area contributed by atoms with Crippen molar-refractivity contribution in [3.05, 3.63) is 0 Å². The summed E-state index contributed by atoms with van der Waals surface area (Å²) in [6.07, 6.45) is 3.45. The Morgan fingerprint density at radius 3 is 2.33 bits per heavy atom. The van der Waals surface area contributed by atoms with E-state index in [1.165, 1.54) is 6.42 Å². The average molecular weight is 208 g/mol. The maximum atomic E-state index is 12.3. The molecule has 0 spiro atoms. The lowest BCUT2D eigenvalue weighted by atomic mass is 9.69. The molecule has 0 unspecified atom stereocenters. The van der Waals surface area contributed by atoms with E-state index >= 15 is 0 Å². The highest BCUT2D eigenvalue weighted by Gasteiger charge is 2.46. The maximum absolute atomic E-state index is 12.3. The van der Waals surface area contributed by atoms with Crippen molar-refractivity contribution in [3.8, 4) is 0 Å². The Morgan fingerprint density at radius 2 is 1.87 bits per heavy atom. The van der Waals surface area contributed by atoms with Gasteiger partial charge in [0, 0.05) is 31.6 Å². The molecule has 3 nitrogen and oxygen atoms in total. The fourth-order valence-electron chi connectivity index (χ4n) is 3.32. The molecule has 0 radical (unpaired) electrons. The zero-order chi connectivity index (χ0) is 10.5. The smallest absolute Gasteiger partial charge is 0.228 e. The number of fused-ring (bicyclic) bond motifs is 1. The lowest BCUT2D eigenvalue weighted by molar-refractivity contribution is -0.145. The molecule has 3 aliphatic rings. The highest BCUT2D eigenvalue weighted by atomic mass is 16.2. The molecular formula is C12H20N2O. The summed E-state index contributed by atoms with van der Waals surface area (Å²) in [5, 5.41) is 3.41. The van der Waals surface area contributed by atoms with Crippen molar-refractivity contribution >= 4 is 5.91 Å². The van der Waals surface area contributed by atoms with Crippen molar-refractivity contribution in [1.29, 1.82) is 0 Å². The highest BCUT2D eigenvalue weighted by Crippen LogP contribution is 2.43. The van der Waals surface area contributed by atoms with Gasteiger partial charge in [0.05, 0.1) is 0 Å². The van der Waals surface area contributed by atoms with E-state index in [1.807, 2.05) is 0 Å². The molecule has 2 aliphatic heterocycles. The van der Waals surface area contributed by atoms with Crippen LogP contribution in [-0.4, -0.2) is 37.0 Å². The summed E-state index contributed by atoms with van der Waals surface area (Å²) < 4.78 is 0. The van der Waals surface area contributed by atoms with Crippen LogP contribution >= 0.6 is 0 Å². The first-order valence-corrected chi connectivity index (χ1v) is 6.19. The molecule has 3 fully saturated rings. The topological polar surface area (TPSA) is 32.3 Å². The number of nitrogens with zero attached hydrogens (tertiary/aromatic N) is 1. The van der Waals surface area contributed by atoms with Crippen LogP contribution in [0.25, 0.3) is 0 Å². The predicted molar refractivity (Wildman–Crippen MR) is 58.4 cm³/mol. The van der Waals surface area contributed by atoms with Crippen LogP contribution in [0.2, 0.25) is 0 Å². The minimum absolute atomic E-state index is 0.00602. The highest BCUT2D eigenvalue weighted by molar-refractivity contribution is 5.83. The fourth-order valence-corrected chi connectivity index (χ4v) is 3.32. The molecule has 84 valence electrons. The number of hydrogen-bond donors (Lipinski definition) is 1. The first kappa shape index (κ1) is 9.64. The van der Waals surface area contributed by atoms with Gasteiger partial charge in [-0.15, -0.1) is 0 Å².